The molecule has 0 aromatic heterocycles. The normalized spacial score (nSPS) is 14.9. The van der Waals surface area contributed by atoms with E-state index in [4.69, 9.17) is 5.11 Å². The van der Waals surface area contributed by atoms with Gasteiger partial charge in [0.05, 0.1) is 0 Å². The maximum Gasteiger partial charge on any atom is 0.303 e. The third kappa shape index (κ3) is 5.55. The van der Waals surface area contributed by atoms with E-state index in [1.54, 1.807) is 0 Å². The second-order valence-corrected chi connectivity index (χ2v) is 5.20. The number of carbonyl (C=O) groups excluding carboxylic acids is 2. The maximum absolute atomic E-state index is 11.5. The van der Waals surface area contributed by atoms with Crippen molar-refractivity contribution in [3.05, 3.63) is 12.3 Å². The summed E-state index contributed by atoms with van der Waals surface area (Å²) < 4.78 is 0. The van der Waals surface area contributed by atoms with Crippen molar-refractivity contribution in [2.75, 3.05) is 0 Å². The Balaban J connectivity index is 2.04. The fraction of sp³-hybridized carbons (Fsp3) is 0.667. The Morgan fingerprint density at radius 1 is 0.950 bits per heavy atom. The molecule has 0 spiro atoms. The van der Waals surface area contributed by atoms with E-state index in [0.29, 0.717) is 25.0 Å². The van der Waals surface area contributed by atoms with Crippen LogP contribution in [-0.2, 0) is 14.4 Å². The first kappa shape index (κ1) is 16.4. The molecule has 0 bridgehead atoms. The number of aliphatic carboxylic acids is 1. The molecule has 5 nitrogen and oxygen atoms in total. The molecule has 1 N–H and O–H groups in total. The number of carboxylic acids is 1. The summed E-state index contributed by atoms with van der Waals surface area (Å²) in [6.45, 7) is 3.82. The molecule has 0 atom stereocenters. The van der Waals surface area contributed by atoms with E-state index in [0.717, 1.165) is 38.5 Å². The van der Waals surface area contributed by atoms with E-state index < -0.39 is 5.97 Å². The van der Waals surface area contributed by atoms with E-state index >= 15 is 0 Å². The molecule has 20 heavy (non-hydrogen) atoms. The number of allylic oxidation sites excluding steroid dienone is 1. The predicted octanol–water partition coefficient (Wildman–Crippen LogP) is 2.85. The molecule has 1 aliphatic heterocycles. The summed E-state index contributed by atoms with van der Waals surface area (Å²) in [6, 6.07) is 0. The van der Waals surface area contributed by atoms with Gasteiger partial charge in [-0.05, 0) is 19.3 Å². The highest BCUT2D eigenvalue weighted by molar-refractivity contribution is 6.03. The zero-order valence-electron chi connectivity index (χ0n) is 11.9. The quantitative estimate of drug-likeness (QED) is 0.493. The van der Waals surface area contributed by atoms with Gasteiger partial charge in [0, 0.05) is 25.0 Å². The molecule has 0 unspecified atom stereocenters. The standard InChI is InChI=1S/C15H23NO4/c1-12(16-13(17)10-11-14(16)18)8-6-4-2-3-5-7-9-15(19)20/h1-11H2,(H,19,20). The Hall–Kier alpha value is -1.65. The Morgan fingerprint density at radius 3 is 1.90 bits per heavy atom. The summed E-state index contributed by atoms with van der Waals surface area (Å²) in [7, 11) is 0. The summed E-state index contributed by atoms with van der Waals surface area (Å²) in [6.07, 6.45) is 7.22. The minimum Gasteiger partial charge on any atom is -0.481 e. The molecule has 0 aliphatic carbocycles. The number of rotatable bonds is 10. The van der Waals surface area contributed by atoms with Gasteiger partial charge in [0.25, 0.3) is 0 Å². The van der Waals surface area contributed by atoms with Gasteiger partial charge in [0.2, 0.25) is 11.8 Å². The van der Waals surface area contributed by atoms with Gasteiger partial charge < -0.3 is 5.11 Å². The Morgan fingerprint density at radius 2 is 1.40 bits per heavy atom. The van der Waals surface area contributed by atoms with Gasteiger partial charge >= 0.3 is 5.97 Å². The third-order valence-corrected chi connectivity index (χ3v) is 3.47. The second kappa shape index (κ2) is 8.51. The fourth-order valence-electron chi connectivity index (χ4n) is 2.35. The highest BCUT2D eigenvalue weighted by Crippen LogP contribution is 2.21. The van der Waals surface area contributed by atoms with Crippen molar-refractivity contribution in [1.82, 2.24) is 4.90 Å². The van der Waals surface area contributed by atoms with Crippen LogP contribution < -0.4 is 0 Å². The van der Waals surface area contributed by atoms with Gasteiger partial charge in [-0.15, -0.1) is 0 Å². The molecule has 1 aliphatic rings. The van der Waals surface area contributed by atoms with Gasteiger partial charge in [0.1, 0.15) is 0 Å². The average molecular weight is 281 g/mol. The zero-order chi connectivity index (χ0) is 15.0. The molecular weight excluding hydrogens is 258 g/mol. The van der Waals surface area contributed by atoms with Crippen LogP contribution in [0.2, 0.25) is 0 Å². The number of imide groups is 1. The average Bonchev–Trinajstić information content (AvgIpc) is 2.71. The van der Waals surface area contributed by atoms with E-state index in [9.17, 15) is 14.4 Å². The van der Waals surface area contributed by atoms with Crippen LogP contribution in [0.25, 0.3) is 0 Å². The van der Waals surface area contributed by atoms with Gasteiger partial charge in [-0.2, -0.15) is 0 Å². The molecular formula is C15H23NO4. The van der Waals surface area contributed by atoms with Crippen LogP contribution in [0.1, 0.15) is 64.2 Å². The lowest BCUT2D eigenvalue weighted by Gasteiger charge is -2.16. The van der Waals surface area contributed by atoms with Crippen LogP contribution in [0.3, 0.4) is 0 Å². The van der Waals surface area contributed by atoms with Crippen LogP contribution in [0.15, 0.2) is 12.3 Å². The van der Waals surface area contributed by atoms with E-state index in [-0.39, 0.29) is 18.2 Å². The van der Waals surface area contributed by atoms with Crippen molar-refractivity contribution in [2.24, 2.45) is 0 Å². The molecule has 0 aromatic rings. The van der Waals surface area contributed by atoms with Crippen LogP contribution >= 0.6 is 0 Å². The SMILES string of the molecule is C=C(CCCCCCCCC(=O)O)N1C(=O)CCC1=O. The second-order valence-electron chi connectivity index (χ2n) is 5.20. The lowest BCUT2D eigenvalue weighted by molar-refractivity contribution is -0.138. The Bertz CT molecular complexity index is 373. The number of hydrogen-bond donors (Lipinski definition) is 1. The molecule has 1 rings (SSSR count). The van der Waals surface area contributed by atoms with Crippen molar-refractivity contribution in [3.63, 3.8) is 0 Å². The fourth-order valence-corrected chi connectivity index (χ4v) is 2.35. The molecule has 112 valence electrons. The molecule has 1 saturated heterocycles. The molecule has 0 aromatic carbocycles. The van der Waals surface area contributed by atoms with E-state index in [1.165, 1.54) is 4.90 Å². The highest BCUT2D eigenvalue weighted by Gasteiger charge is 2.30. The summed E-state index contributed by atoms with van der Waals surface area (Å²) >= 11 is 0. The number of nitrogens with zero attached hydrogens (tertiary/aromatic N) is 1. The summed E-state index contributed by atoms with van der Waals surface area (Å²) in [5.74, 6) is -0.997. The largest absolute Gasteiger partial charge is 0.481 e. The van der Waals surface area contributed by atoms with Gasteiger partial charge in [-0.3, -0.25) is 19.3 Å². The van der Waals surface area contributed by atoms with Gasteiger partial charge in [-0.1, -0.05) is 32.3 Å². The Labute approximate surface area is 119 Å². The molecule has 0 saturated carbocycles. The topological polar surface area (TPSA) is 74.7 Å². The van der Waals surface area contributed by atoms with Crippen LogP contribution in [0.4, 0.5) is 0 Å². The minimum atomic E-state index is -0.735. The van der Waals surface area contributed by atoms with Crippen molar-refractivity contribution < 1.29 is 19.5 Å². The first-order valence-corrected chi connectivity index (χ1v) is 7.27. The lowest BCUT2D eigenvalue weighted by Crippen LogP contribution is -2.27. The molecule has 0 radical (unpaired) electrons. The molecule has 5 heteroatoms. The molecule has 1 heterocycles. The summed E-state index contributed by atoms with van der Waals surface area (Å²) in [5, 5.41) is 8.49. The number of carbonyl (C=O) groups is 3. The van der Waals surface area contributed by atoms with Crippen molar-refractivity contribution in [1.29, 1.82) is 0 Å². The highest BCUT2D eigenvalue weighted by atomic mass is 16.4. The third-order valence-electron chi connectivity index (χ3n) is 3.47. The monoisotopic (exact) mass is 281 g/mol. The van der Waals surface area contributed by atoms with Crippen molar-refractivity contribution >= 4 is 17.8 Å². The zero-order valence-corrected chi connectivity index (χ0v) is 11.9. The molecule has 2 amide bonds. The number of amides is 2. The predicted molar refractivity (Wildman–Crippen MR) is 74.8 cm³/mol. The van der Waals surface area contributed by atoms with E-state index in [1.807, 2.05) is 0 Å². The first-order valence-electron chi connectivity index (χ1n) is 7.27. The number of likely N-dealkylation sites (tertiary alicyclic amines) is 1. The number of hydrogen-bond acceptors (Lipinski definition) is 3. The van der Waals surface area contributed by atoms with Gasteiger partial charge in [0.15, 0.2) is 0 Å². The molecule has 1 fully saturated rings. The maximum atomic E-state index is 11.5. The Kier molecular flexibility index (Phi) is 6.98. The van der Waals surface area contributed by atoms with Crippen LogP contribution in [-0.4, -0.2) is 27.8 Å². The lowest BCUT2D eigenvalue weighted by atomic mass is 10.1. The number of unbranched alkanes of at least 4 members (excludes halogenated alkanes) is 5. The van der Waals surface area contributed by atoms with Crippen LogP contribution in [0, 0.1) is 0 Å². The summed E-state index contributed by atoms with van der Waals surface area (Å²) in [4.78, 5) is 34.5. The smallest absolute Gasteiger partial charge is 0.303 e. The van der Waals surface area contributed by atoms with Gasteiger partial charge in [-0.25, -0.2) is 0 Å². The summed E-state index contributed by atoms with van der Waals surface area (Å²) in [5.41, 5.74) is 0.614. The minimum absolute atomic E-state index is 0.131. The number of carboxylic acid groups (broad SMARTS) is 1. The van der Waals surface area contributed by atoms with Crippen molar-refractivity contribution in [3.8, 4) is 0 Å². The first-order chi connectivity index (χ1) is 9.52. The van der Waals surface area contributed by atoms with Crippen LogP contribution in [0.5, 0.6) is 0 Å². The van der Waals surface area contributed by atoms with Crippen molar-refractivity contribution in [2.45, 2.75) is 64.2 Å². The van der Waals surface area contributed by atoms with E-state index in [2.05, 4.69) is 6.58 Å².